The summed E-state index contributed by atoms with van der Waals surface area (Å²) in [4.78, 5) is 38.5. The van der Waals surface area contributed by atoms with Gasteiger partial charge in [-0.15, -0.1) is 0 Å². The average Bonchev–Trinajstić information content (AvgIpc) is 3.14. The van der Waals surface area contributed by atoms with Crippen LogP contribution in [-0.2, 0) is 4.79 Å². The summed E-state index contributed by atoms with van der Waals surface area (Å²) in [6.45, 7) is 2.22. The fourth-order valence-corrected chi connectivity index (χ4v) is 4.46. The van der Waals surface area contributed by atoms with Gasteiger partial charge in [-0.25, -0.2) is 14.8 Å². The molecule has 0 radical (unpaired) electrons. The van der Waals surface area contributed by atoms with Crippen molar-refractivity contribution in [3.63, 3.8) is 0 Å². The first-order valence-corrected chi connectivity index (χ1v) is 12.6. The molecule has 0 saturated heterocycles. The van der Waals surface area contributed by atoms with Crippen molar-refractivity contribution >= 4 is 28.8 Å². The van der Waals surface area contributed by atoms with E-state index < -0.39 is 5.69 Å². The number of fused-ring (bicyclic) bond motifs is 1. The number of aromatic nitrogens is 2. The molecule has 0 aliphatic carbocycles. The Morgan fingerprint density at radius 3 is 2.40 bits per heavy atom. The van der Waals surface area contributed by atoms with Crippen LogP contribution in [0.15, 0.2) is 76.6 Å². The monoisotopic (exact) mass is 471 g/mol. The van der Waals surface area contributed by atoms with E-state index in [9.17, 15) is 9.59 Å². The van der Waals surface area contributed by atoms with Gasteiger partial charge in [-0.3, -0.25) is 14.7 Å². The van der Waals surface area contributed by atoms with Gasteiger partial charge < -0.3 is 5.32 Å². The van der Waals surface area contributed by atoms with Crippen molar-refractivity contribution in [3.05, 3.63) is 82.9 Å². The van der Waals surface area contributed by atoms with E-state index in [1.54, 1.807) is 11.0 Å². The quantitative estimate of drug-likeness (QED) is 0.326. The second kappa shape index (κ2) is 12.1. The van der Waals surface area contributed by atoms with Crippen LogP contribution in [0.4, 0.5) is 17.2 Å². The molecule has 1 aliphatic rings. The van der Waals surface area contributed by atoms with Crippen molar-refractivity contribution < 1.29 is 4.79 Å². The van der Waals surface area contributed by atoms with Gasteiger partial charge in [-0.2, -0.15) is 0 Å². The van der Waals surface area contributed by atoms with Crippen LogP contribution in [0.5, 0.6) is 0 Å². The van der Waals surface area contributed by atoms with Gasteiger partial charge in [0.2, 0.25) is 0 Å². The molecule has 7 nitrogen and oxygen atoms in total. The number of carbonyl (C=O) groups excluding carboxylic acids is 1. The minimum absolute atomic E-state index is 0.146. The molecule has 2 aromatic carbocycles. The molecule has 2 N–H and O–H groups in total. The molecule has 35 heavy (non-hydrogen) atoms. The number of aliphatic imine (C=N–C) groups is 1. The number of benzene rings is 2. The number of anilines is 2. The van der Waals surface area contributed by atoms with Crippen LogP contribution in [0.3, 0.4) is 0 Å². The molecular formula is C28H33N5O2. The maximum absolute atomic E-state index is 13.7. The van der Waals surface area contributed by atoms with E-state index in [1.165, 1.54) is 38.3 Å². The van der Waals surface area contributed by atoms with Gasteiger partial charge in [0.1, 0.15) is 17.7 Å². The molecule has 0 spiro atoms. The van der Waals surface area contributed by atoms with E-state index in [2.05, 4.69) is 22.2 Å². The Kier molecular flexibility index (Phi) is 8.44. The van der Waals surface area contributed by atoms with Crippen LogP contribution in [0, 0.1) is 0 Å². The Morgan fingerprint density at radius 1 is 0.914 bits per heavy atom. The zero-order valence-electron chi connectivity index (χ0n) is 20.2. The van der Waals surface area contributed by atoms with Crippen LogP contribution >= 0.6 is 0 Å². The molecule has 182 valence electrons. The lowest BCUT2D eigenvalue weighted by Crippen LogP contribution is -2.45. The fraction of sp³-hybridized carbons (Fsp3) is 0.357. The molecule has 1 atom stereocenters. The first-order chi connectivity index (χ1) is 17.2. The number of nitrogens with zero attached hydrogens (tertiary/aromatic N) is 3. The standard InChI is InChI=1S/C28H33N5O2/c1-2-3-4-5-6-7-11-18-25(31-24-19-20-29-28(35)32-24)33-23-17-13-12-16-22(23)26(27(33)34)30-21-14-9-8-10-15-21/h8-10,12-17,19-20,25H,2-7,11,18H2,1H3,(H2,29,31,32,35)/b30-26-. The first-order valence-electron chi connectivity index (χ1n) is 12.6. The number of hydrogen-bond acceptors (Lipinski definition) is 5. The summed E-state index contributed by atoms with van der Waals surface area (Å²) in [5.41, 5.74) is 2.38. The lowest BCUT2D eigenvalue weighted by molar-refractivity contribution is -0.112. The lowest BCUT2D eigenvalue weighted by Gasteiger charge is -2.29. The molecule has 1 aromatic heterocycles. The number of carbonyl (C=O) groups is 1. The number of hydrogen-bond donors (Lipinski definition) is 2. The minimum atomic E-state index is -0.427. The molecule has 1 aliphatic heterocycles. The van der Waals surface area contributed by atoms with Crippen molar-refractivity contribution in [1.82, 2.24) is 9.97 Å². The Hall–Kier alpha value is -3.74. The molecular weight excluding hydrogens is 438 g/mol. The van der Waals surface area contributed by atoms with Gasteiger partial charge in [0.15, 0.2) is 0 Å². The van der Waals surface area contributed by atoms with Gasteiger partial charge >= 0.3 is 5.69 Å². The van der Waals surface area contributed by atoms with Gasteiger partial charge in [0.05, 0.1) is 11.4 Å². The predicted molar refractivity (Wildman–Crippen MR) is 141 cm³/mol. The predicted octanol–water partition coefficient (Wildman–Crippen LogP) is 5.82. The third-order valence-electron chi connectivity index (χ3n) is 6.23. The molecule has 0 fully saturated rings. The molecule has 3 aromatic rings. The van der Waals surface area contributed by atoms with Crippen molar-refractivity contribution in [3.8, 4) is 0 Å². The summed E-state index contributed by atoms with van der Waals surface area (Å²) in [7, 11) is 0. The van der Waals surface area contributed by atoms with E-state index in [-0.39, 0.29) is 12.1 Å². The van der Waals surface area contributed by atoms with E-state index in [4.69, 9.17) is 4.99 Å². The molecule has 7 heteroatoms. The smallest absolute Gasteiger partial charge is 0.346 e. The van der Waals surface area contributed by atoms with Crippen LogP contribution in [-0.4, -0.2) is 27.8 Å². The first kappa shape index (κ1) is 24.4. The molecule has 0 saturated carbocycles. The number of amides is 1. The van der Waals surface area contributed by atoms with E-state index in [1.807, 2.05) is 54.6 Å². The van der Waals surface area contributed by atoms with Gasteiger partial charge in [0, 0.05) is 11.8 Å². The number of H-pyrrole nitrogens is 1. The number of unbranched alkanes of at least 4 members (excludes halogenated alkanes) is 6. The topological polar surface area (TPSA) is 90.5 Å². The highest BCUT2D eigenvalue weighted by Crippen LogP contribution is 2.33. The molecule has 2 heterocycles. The van der Waals surface area contributed by atoms with Crippen LogP contribution in [0.1, 0.15) is 63.9 Å². The average molecular weight is 472 g/mol. The SMILES string of the molecule is CCCCCCCCCC(Nc1ccnc(=O)[nH]1)N1C(=O)/C(=N\c2ccccc2)c2ccccc21. The second-order valence-electron chi connectivity index (χ2n) is 8.85. The van der Waals surface area contributed by atoms with E-state index >= 15 is 0 Å². The van der Waals surface area contributed by atoms with Gasteiger partial charge in [-0.05, 0) is 37.1 Å². The third kappa shape index (κ3) is 6.23. The summed E-state index contributed by atoms with van der Waals surface area (Å²) in [6.07, 6.45) is 10.2. The fourth-order valence-electron chi connectivity index (χ4n) is 4.46. The summed E-state index contributed by atoms with van der Waals surface area (Å²) in [5.74, 6) is 0.392. The maximum Gasteiger partial charge on any atom is 0.346 e. The van der Waals surface area contributed by atoms with E-state index in [0.717, 1.165) is 36.2 Å². The summed E-state index contributed by atoms with van der Waals surface area (Å²) < 4.78 is 0. The van der Waals surface area contributed by atoms with Gasteiger partial charge in [-0.1, -0.05) is 81.8 Å². The minimum Gasteiger partial charge on any atom is -0.351 e. The van der Waals surface area contributed by atoms with Crippen LogP contribution in [0.25, 0.3) is 0 Å². The lowest BCUT2D eigenvalue weighted by atomic mass is 10.1. The highest BCUT2D eigenvalue weighted by Gasteiger charge is 2.38. The maximum atomic E-state index is 13.7. The molecule has 0 bridgehead atoms. The van der Waals surface area contributed by atoms with Crippen molar-refractivity contribution in [1.29, 1.82) is 0 Å². The normalized spacial score (nSPS) is 14.8. The summed E-state index contributed by atoms with van der Waals surface area (Å²) in [6, 6.07) is 19.0. The number of nitrogens with one attached hydrogen (secondary N) is 2. The molecule has 1 amide bonds. The Morgan fingerprint density at radius 2 is 1.63 bits per heavy atom. The largest absolute Gasteiger partial charge is 0.351 e. The summed E-state index contributed by atoms with van der Waals surface area (Å²) in [5, 5.41) is 3.38. The van der Waals surface area contributed by atoms with Crippen LogP contribution in [0.2, 0.25) is 0 Å². The van der Waals surface area contributed by atoms with Crippen LogP contribution < -0.4 is 15.9 Å². The van der Waals surface area contributed by atoms with Crippen molar-refractivity contribution in [2.24, 2.45) is 4.99 Å². The second-order valence-corrected chi connectivity index (χ2v) is 8.85. The molecule has 4 rings (SSSR count). The number of aromatic amines is 1. The Bertz CT molecular complexity index is 1200. The zero-order valence-corrected chi connectivity index (χ0v) is 20.2. The highest BCUT2D eigenvalue weighted by atomic mass is 16.2. The number of para-hydroxylation sites is 2. The van der Waals surface area contributed by atoms with E-state index in [0.29, 0.717) is 11.5 Å². The third-order valence-corrected chi connectivity index (χ3v) is 6.23. The highest BCUT2D eigenvalue weighted by molar-refractivity contribution is 6.54. The zero-order chi connectivity index (χ0) is 24.5. The summed E-state index contributed by atoms with van der Waals surface area (Å²) >= 11 is 0. The Labute approximate surface area is 206 Å². The Balaban J connectivity index is 1.59. The van der Waals surface area contributed by atoms with Crippen molar-refractivity contribution in [2.75, 3.05) is 10.2 Å². The van der Waals surface area contributed by atoms with Crippen molar-refractivity contribution in [2.45, 2.75) is 64.5 Å². The molecule has 1 unspecified atom stereocenters. The number of rotatable bonds is 12. The van der Waals surface area contributed by atoms with Gasteiger partial charge in [0.25, 0.3) is 5.91 Å².